The van der Waals surface area contributed by atoms with Crippen molar-refractivity contribution in [2.75, 3.05) is 6.61 Å². The third-order valence-electron chi connectivity index (χ3n) is 12.3. The van der Waals surface area contributed by atoms with Crippen molar-refractivity contribution in [1.82, 2.24) is 0 Å². The van der Waals surface area contributed by atoms with Crippen molar-refractivity contribution in [2.24, 2.45) is 57.2 Å². The molecular weight excluding hydrogens is 450 g/mol. The minimum Gasteiger partial charge on any atom is -0.465 e. The lowest BCUT2D eigenvalue weighted by Gasteiger charge is -2.69. The van der Waals surface area contributed by atoms with Gasteiger partial charge in [0.15, 0.2) is 5.78 Å². The van der Waals surface area contributed by atoms with E-state index in [2.05, 4.69) is 33.8 Å². The fourth-order valence-electron chi connectivity index (χ4n) is 9.91. The van der Waals surface area contributed by atoms with E-state index in [1.54, 1.807) is 0 Å². The third kappa shape index (κ3) is 3.49. The molecule has 0 N–H and O–H groups in total. The molecule has 0 bridgehead atoms. The maximum absolute atomic E-state index is 14.3. The molecule has 0 aromatic heterocycles. The molecule has 5 heteroatoms. The van der Waals surface area contributed by atoms with Crippen LogP contribution in [-0.2, 0) is 19.1 Å². The average Bonchev–Trinajstić information content (AvgIpc) is 2.81. The van der Waals surface area contributed by atoms with Gasteiger partial charge in [0.2, 0.25) is 0 Å². The van der Waals surface area contributed by atoms with E-state index in [4.69, 9.17) is 4.74 Å². The van der Waals surface area contributed by atoms with Crippen LogP contribution in [0, 0.1) is 68.5 Å². The molecule has 9 atom stereocenters. The Labute approximate surface area is 216 Å². The number of carbonyl (C=O) groups excluding carboxylic acids is 3. The molecule has 5 rings (SSSR count). The Bertz CT molecular complexity index is 1070. The number of esters is 1. The summed E-state index contributed by atoms with van der Waals surface area (Å²) in [5.41, 5.74) is 0.189. The lowest BCUT2D eigenvalue weighted by atomic mass is 9.34. The molecule has 4 saturated carbocycles. The summed E-state index contributed by atoms with van der Waals surface area (Å²) in [5.74, 6) is 0.661. The Morgan fingerprint density at radius 2 is 1.75 bits per heavy atom. The van der Waals surface area contributed by atoms with E-state index in [-0.39, 0.29) is 68.9 Å². The summed E-state index contributed by atoms with van der Waals surface area (Å²) in [6.07, 6.45) is 9.55. The van der Waals surface area contributed by atoms with Crippen LogP contribution in [0.15, 0.2) is 11.6 Å². The van der Waals surface area contributed by atoms with Crippen molar-refractivity contribution in [3.63, 3.8) is 0 Å². The van der Waals surface area contributed by atoms with Gasteiger partial charge in [-0.1, -0.05) is 40.7 Å². The maximum atomic E-state index is 14.3. The number of ketones is 2. The number of allylic oxidation sites excluding steroid dienone is 2. The quantitative estimate of drug-likeness (QED) is 0.436. The molecule has 0 spiro atoms. The molecule has 0 heterocycles. The molecule has 3 unspecified atom stereocenters. The monoisotopic (exact) mass is 493 g/mol. The fraction of sp³-hybridized carbons (Fsp3) is 0.806. The zero-order valence-electron chi connectivity index (χ0n) is 23.0. The topological polar surface area (TPSA) is 84.2 Å². The van der Waals surface area contributed by atoms with Crippen LogP contribution in [0.5, 0.6) is 0 Å². The number of carbonyl (C=O) groups is 3. The predicted molar refractivity (Wildman–Crippen MR) is 136 cm³/mol. The van der Waals surface area contributed by atoms with E-state index in [0.29, 0.717) is 24.4 Å². The Balaban J connectivity index is 1.56. The van der Waals surface area contributed by atoms with Crippen LogP contribution in [0.25, 0.3) is 0 Å². The van der Waals surface area contributed by atoms with E-state index in [1.165, 1.54) is 6.92 Å². The number of nitrogens with zero attached hydrogens (tertiary/aromatic N) is 1. The highest BCUT2D eigenvalue weighted by Crippen LogP contribution is 2.73. The van der Waals surface area contributed by atoms with Crippen LogP contribution in [0.1, 0.15) is 92.9 Å². The number of fused-ring (bicyclic) bond motifs is 7. The zero-order chi connectivity index (χ0) is 26.3. The first-order valence-corrected chi connectivity index (χ1v) is 14.1. The molecule has 0 aromatic carbocycles. The predicted octanol–water partition coefficient (Wildman–Crippen LogP) is 6.07. The first kappa shape index (κ1) is 25.7. The summed E-state index contributed by atoms with van der Waals surface area (Å²) in [6, 6.07) is 2.16. The van der Waals surface area contributed by atoms with Crippen LogP contribution in [-0.4, -0.2) is 24.1 Å². The van der Waals surface area contributed by atoms with Gasteiger partial charge in [-0.15, -0.1) is 0 Å². The molecule has 0 aromatic rings. The highest BCUT2D eigenvalue weighted by Gasteiger charge is 2.69. The summed E-state index contributed by atoms with van der Waals surface area (Å²) >= 11 is 0. The largest absolute Gasteiger partial charge is 0.465 e. The fourth-order valence-corrected chi connectivity index (χ4v) is 9.91. The van der Waals surface area contributed by atoms with Gasteiger partial charge in [0.25, 0.3) is 0 Å². The minimum atomic E-state index is -0.234. The Hall–Kier alpha value is -1.96. The SMILES string of the molecule is CC(=O)OC[C@]12CCC(C)(C)CC1C1C(=O)C[C@@H]3C4C=C(C#N)C(=O)[C@@H](C)[C@@H]4CC[C@@]3(C)[C@]1(C)CC2. The molecular formula is C31H43NO4. The standard InChI is InChI=1S/C31H43NO4/c1-18-21-7-8-29(5)23(22(21)13-20(16-32)27(18)35)14-25(34)26-24-15-28(3,4)9-11-31(24,17-36-19(2)33)12-10-30(26,29)6/h13,18,21-24,26H,7-12,14-15,17H2,1-6H3/t18-,21-,22?,23+,24?,26?,29+,30+,31+/m0/s1. The maximum Gasteiger partial charge on any atom is 0.302 e. The Morgan fingerprint density at radius 3 is 2.42 bits per heavy atom. The molecule has 0 amide bonds. The van der Waals surface area contributed by atoms with Gasteiger partial charge in [0.05, 0.1) is 12.2 Å². The summed E-state index contributed by atoms with van der Waals surface area (Å²) in [6.45, 7) is 13.4. The molecule has 0 saturated heterocycles. The average molecular weight is 494 g/mol. The number of Topliss-reactive ketones (excluding diaryl/α,β-unsaturated/α-hetero) is 2. The van der Waals surface area contributed by atoms with Crippen molar-refractivity contribution >= 4 is 17.5 Å². The summed E-state index contributed by atoms with van der Waals surface area (Å²) in [4.78, 5) is 38.9. The molecule has 0 aliphatic heterocycles. The van der Waals surface area contributed by atoms with Crippen LogP contribution >= 0.6 is 0 Å². The number of rotatable bonds is 2. The van der Waals surface area contributed by atoms with Crippen molar-refractivity contribution in [3.8, 4) is 6.07 Å². The van der Waals surface area contributed by atoms with Gasteiger partial charge >= 0.3 is 5.97 Å². The normalized spacial score (nSPS) is 47.3. The second kappa shape index (κ2) is 8.27. The number of ether oxygens (including phenoxy) is 1. The van der Waals surface area contributed by atoms with Gasteiger partial charge in [-0.3, -0.25) is 14.4 Å². The van der Waals surface area contributed by atoms with Gasteiger partial charge in [0.1, 0.15) is 11.9 Å². The van der Waals surface area contributed by atoms with Crippen molar-refractivity contribution in [3.05, 3.63) is 11.6 Å². The summed E-state index contributed by atoms with van der Waals surface area (Å²) in [5, 5.41) is 9.67. The highest BCUT2D eigenvalue weighted by molar-refractivity contribution is 6.01. The van der Waals surface area contributed by atoms with Crippen LogP contribution in [0.3, 0.4) is 0 Å². The smallest absolute Gasteiger partial charge is 0.302 e. The van der Waals surface area contributed by atoms with Gasteiger partial charge in [-0.2, -0.15) is 5.26 Å². The molecule has 4 fully saturated rings. The molecule has 5 aliphatic rings. The van der Waals surface area contributed by atoms with Crippen molar-refractivity contribution < 1.29 is 19.1 Å². The Kier molecular flexibility index (Phi) is 5.90. The molecule has 36 heavy (non-hydrogen) atoms. The molecule has 5 aliphatic carbocycles. The van der Waals surface area contributed by atoms with Gasteiger partial charge in [0, 0.05) is 30.6 Å². The number of nitriles is 1. The van der Waals surface area contributed by atoms with Gasteiger partial charge in [-0.05, 0) is 84.9 Å². The Morgan fingerprint density at radius 1 is 1.06 bits per heavy atom. The third-order valence-corrected chi connectivity index (χ3v) is 12.3. The second-order valence-corrected chi connectivity index (χ2v) is 14.3. The van der Waals surface area contributed by atoms with E-state index >= 15 is 0 Å². The van der Waals surface area contributed by atoms with Gasteiger partial charge in [-0.25, -0.2) is 0 Å². The first-order valence-electron chi connectivity index (χ1n) is 14.1. The molecule has 196 valence electrons. The van der Waals surface area contributed by atoms with Crippen LogP contribution in [0.4, 0.5) is 0 Å². The lowest BCUT2D eigenvalue weighted by Crippen LogP contribution is -2.66. The van der Waals surface area contributed by atoms with E-state index in [0.717, 1.165) is 44.9 Å². The highest BCUT2D eigenvalue weighted by atomic mass is 16.5. The van der Waals surface area contributed by atoms with Crippen LogP contribution < -0.4 is 0 Å². The second-order valence-electron chi connectivity index (χ2n) is 14.3. The summed E-state index contributed by atoms with van der Waals surface area (Å²) in [7, 11) is 0. The zero-order valence-corrected chi connectivity index (χ0v) is 23.0. The van der Waals surface area contributed by atoms with E-state index in [1.807, 2.05) is 13.0 Å². The van der Waals surface area contributed by atoms with E-state index in [9.17, 15) is 19.6 Å². The van der Waals surface area contributed by atoms with Crippen molar-refractivity contribution in [1.29, 1.82) is 5.26 Å². The summed E-state index contributed by atoms with van der Waals surface area (Å²) < 4.78 is 5.69. The lowest BCUT2D eigenvalue weighted by molar-refractivity contribution is -0.214. The van der Waals surface area contributed by atoms with E-state index < -0.39 is 0 Å². The minimum absolute atomic E-state index is 0.0223. The molecule has 0 radical (unpaired) electrons. The number of hydrogen-bond donors (Lipinski definition) is 0. The first-order chi connectivity index (χ1) is 16.8. The van der Waals surface area contributed by atoms with Gasteiger partial charge < -0.3 is 4.74 Å². The van der Waals surface area contributed by atoms with Crippen molar-refractivity contribution in [2.45, 2.75) is 92.9 Å². The molecule has 5 nitrogen and oxygen atoms in total. The van der Waals surface area contributed by atoms with Crippen LogP contribution in [0.2, 0.25) is 0 Å². The number of hydrogen-bond acceptors (Lipinski definition) is 5.